The summed E-state index contributed by atoms with van der Waals surface area (Å²) >= 11 is 12.4. The molecule has 9 heteroatoms. The van der Waals surface area contributed by atoms with Gasteiger partial charge in [0.15, 0.2) is 11.5 Å². The fraction of sp³-hybridized carbons (Fsp3) is 0.391. The number of nitrogens with zero attached hydrogens (tertiary/aromatic N) is 1. The van der Waals surface area contributed by atoms with E-state index in [1.54, 1.807) is 0 Å². The molecule has 0 unspecified atom stereocenters. The molecule has 3 rings (SSSR count). The Morgan fingerprint density at radius 1 is 1.22 bits per heavy atom. The number of esters is 1. The SMILES string of the molecule is C[C@H](Cc1ccccc1)NC(=O)c1cc(Cl)c(OC(=O)CCN2CCNCC2)c(Cl)c1O. The van der Waals surface area contributed by atoms with Crippen LogP contribution in [-0.4, -0.2) is 60.6 Å². The van der Waals surface area contributed by atoms with Crippen LogP contribution < -0.4 is 15.4 Å². The molecule has 0 saturated carbocycles. The number of phenols is 1. The standard InChI is InChI=1S/C23H27Cl2N3O4/c1-15(13-16-5-3-2-4-6-16)27-23(31)17-14-18(24)22(20(25)21(17)30)32-19(29)7-10-28-11-8-26-9-12-28/h2-6,14-15,26,30H,7-13H2,1H3,(H,27,31)/t15-/m1/s1. The normalized spacial score (nSPS) is 15.2. The molecule has 1 amide bonds. The van der Waals surface area contributed by atoms with E-state index in [4.69, 9.17) is 27.9 Å². The summed E-state index contributed by atoms with van der Waals surface area (Å²) in [6.07, 6.45) is 0.782. The molecule has 0 aliphatic carbocycles. The summed E-state index contributed by atoms with van der Waals surface area (Å²) in [6, 6.07) is 10.8. The lowest BCUT2D eigenvalue weighted by atomic mass is 10.1. The molecule has 3 N–H and O–H groups in total. The van der Waals surface area contributed by atoms with Gasteiger partial charge in [0, 0.05) is 38.8 Å². The van der Waals surface area contributed by atoms with Crippen molar-refractivity contribution in [1.82, 2.24) is 15.5 Å². The van der Waals surface area contributed by atoms with Crippen LogP contribution in [0.25, 0.3) is 0 Å². The van der Waals surface area contributed by atoms with Crippen molar-refractivity contribution in [2.45, 2.75) is 25.8 Å². The molecule has 0 radical (unpaired) electrons. The molecule has 1 heterocycles. The van der Waals surface area contributed by atoms with Gasteiger partial charge in [-0.25, -0.2) is 0 Å². The minimum Gasteiger partial charge on any atom is -0.505 e. The van der Waals surface area contributed by atoms with Gasteiger partial charge < -0.3 is 25.4 Å². The van der Waals surface area contributed by atoms with Gasteiger partial charge in [0.05, 0.1) is 17.0 Å². The number of amides is 1. The highest BCUT2D eigenvalue weighted by Crippen LogP contribution is 2.42. The zero-order chi connectivity index (χ0) is 23.1. The Kier molecular flexibility index (Phi) is 8.75. The lowest BCUT2D eigenvalue weighted by Gasteiger charge is -2.26. The average Bonchev–Trinajstić information content (AvgIpc) is 2.79. The molecule has 2 aromatic carbocycles. The number of carbonyl (C=O) groups excluding carboxylic acids is 2. The molecular weight excluding hydrogens is 453 g/mol. The van der Waals surface area contributed by atoms with E-state index in [-0.39, 0.29) is 33.8 Å². The van der Waals surface area contributed by atoms with Crippen LogP contribution in [0.4, 0.5) is 0 Å². The lowest BCUT2D eigenvalue weighted by molar-refractivity contribution is -0.134. The van der Waals surface area contributed by atoms with E-state index >= 15 is 0 Å². The van der Waals surface area contributed by atoms with E-state index < -0.39 is 17.6 Å². The molecule has 172 valence electrons. The molecule has 32 heavy (non-hydrogen) atoms. The van der Waals surface area contributed by atoms with Gasteiger partial charge in [0.1, 0.15) is 5.02 Å². The maximum Gasteiger partial charge on any atom is 0.312 e. The van der Waals surface area contributed by atoms with Gasteiger partial charge in [-0.05, 0) is 25.0 Å². The molecule has 1 atom stereocenters. The van der Waals surface area contributed by atoms with Gasteiger partial charge in [-0.3, -0.25) is 9.59 Å². The van der Waals surface area contributed by atoms with E-state index in [0.717, 1.165) is 31.7 Å². The number of carbonyl (C=O) groups is 2. The van der Waals surface area contributed by atoms with E-state index in [9.17, 15) is 14.7 Å². The molecule has 0 aromatic heterocycles. The van der Waals surface area contributed by atoms with Gasteiger partial charge in [-0.1, -0.05) is 53.5 Å². The van der Waals surface area contributed by atoms with E-state index in [0.29, 0.717) is 13.0 Å². The molecule has 1 saturated heterocycles. The first kappa shape index (κ1) is 24.3. The van der Waals surface area contributed by atoms with Crippen molar-refractivity contribution in [2.75, 3.05) is 32.7 Å². The van der Waals surface area contributed by atoms with Crippen LogP contribution >= 0.6 is 23.2 Å². The third-order valence-corrected chi connectivity index (χ3v) is 5.85. The van der Waals surface area contributed by atoms with Crippen LogP contribution in [0, 0.1) is 0 Å². The number of hydrogen-bond donors (Lipinski definition) is 3. The summed E-state index contributed by atoms with van der Waals surface area (Å²) in [5.41, 5.74) is 0.990. The van der Waals surface area contributed by atoms with Crippen molar-refractivity contribution in [3.63, 3.8) is 0 Å². The fourth-order valence-corrected chi connectivity index (χ4v) is 4.06. The summed E-state index contributed by atoms with van der Waals surface area (Å²) < 4.78 is 5.31. The van der Waals surface area contributed by atoms with Crippen molar-refractivity contribution in [3.8, 4) is 11.5 Å². The van der Waals surface area contributed by atoms with Crippen LogP contribution in [0.2, 0.25) is 10.0 Å². The molecular formula is C23H27Cl2N3O4. The second kappa shape index (κ2) is 11.5. The van der Waals surface area contributed by atoms with E-state index in [2.05, 4.69) is 15.5 Å². The minimum absolute atomic E-state index is 0.0239. The van der Waals surface area contributed by atoms with Gasteiger partial charge in [0.2, 0.25) is 0 Å². The first-order valence-electron chi connectivity index (χ1n) is 10.5. The molecule has 1 aliphatic heterocycles. The number of piperazine rings is 1. The summed E-state index contributed by atoms with van der Waals surface area (Å²) in [7, 11) is 0. The van der Waals surface area contributed by atoms with Crippen molar-refractivity contribution in [3.05, 3.63) is 57.6 Å². The Bertz CT molecular complexity index is 950. The number of benzene rings is 2. The van der Waals surface area contributed by atoms with Crippen molar-refractivity contribution >= 4 is 35.1 Å². The second-order valence-electron chi connectivity index (χ2n) is 7.78. The highest BCUT2D eigenvalue weighted by Gasteiger charge is 2.24. The Labute approximate surface area is 197 Å². The average molecular weight is 480 g/mol. The summed E-state index contributed by atoms with van der Waals surface area (Å²) in [5, 5.41) is 16.2. The van der Waals surface area contributed by atoms with Crippen molar-refractivity contribution < 1.29 is 19.4 Å². The van der Waals surface area contributed by atoms with Crippen LogP contribution in [0.3, 0.4) is 0 Å². The van der Waals surface area contributed by atoms with Crippen LogP contribution in [0.1, 0.15) is 29.3 Å². The monoisotopic (exact) mass is 479 g/mol. The van der Waals surface area contributed by atoms with Crippen LogP contribution in [0.15, 0.2) is 36.4 Å². The topological polar surface area (TPSA) is 90.9 Å². The molecule has 0 spiro atoms. The maximum absolute atomic E-state index is 12.7. The van der Waals surface area contributed by atoms with Gasteiger partial charge >= 0.3 is 5.97 Å². The number of phenolic OH excluding ortho intramolecular Hbond substituents is 1. The van der Waals surface area contributed by atoms with E-state index in [1.165, 1.54) is 6.07 Å². The number of aromatic hydroxyl groups is 1. The smallest absolute Gasteiger partial charge is 0.312 e. The zero-order valence-electron chi connectivity index (χ0n) is 17.9. The lowest BCUT2D eigenvalue weighted by Crippen LogP contribution is -2.44. The molecule has 1 aliphatic rings. The van der Waals surface area contributed by atoms with E-state index in [1.807, 2.05) is 37.3 Å². The number of halogens is 2. The highest BCUT2D eigenvalue weighted by atomic mass is 35.5. The summed E-state index contributed by atoms with van der Waals surface area (Å²) in [6.45, 7) is 5.91. The first-order valence-corrected chi connectivity index (χ1v) is 11.3. The Hall–Kier alpha value is -2.32. The minimum atomic E-state index is -0.522. The van der Waals surface area contributed by atoms with Gasteiger partial charge in [0.25, 0.3) is 5.91 Å². The second-order valence-corrected chi connectivity index (χ2v) is 8.56. The Morgan fingerprint density at radius 3 is 2.59 bits per heavy atom. The third kappa shape index (κ3) is 6.59. The third-order valence-electron chi connectivity index (χ3n) is 5.21. The first-order chi connectivity index (χ1) is 15.3. The molecule has 2 aromatic rings. The fourth-order valence-electron chi connectivity index (χ4n) is 3.53. The largest absolute Gasteiger partial charge is 0.505 e. The van der Waals surface area contributed by atoms with Crippen LogP contribution in [0.5, 0.6) is 11.5 Å². The molecule has 0 bridgehead atoms. The quantitative estimate of drug-likeness (QED) is 0.397. The number of hydrogen-bond acceptors (Lipinski definition) is 6. The predicted molar refractivity (Wildman–Crippen MR) is 125 cm³/mol. The number of ether oxygens (including phenoxy) is 1. The van der Waals surface area contributed by atoms with Crippen molar-refractivity contribution in [1.29, 1.82) is 0 Å². The zero-order valence-corrected chi connectivity index (χ0v) is 19.4. The summed E-state index contributed by atoms with van der Waals surface area (Å²) in [5.74, 6) is -1.66. The molecule has 7 nitrogen and oxygen atoms in total. The van der Waals surface area contributed by atoms with Crippen LogP contribution in [-0.2, 0) is 11.2 Å². The Balaban J connectivity index is 1.62. The van der Waals surface area contributed by atoms with Gasteiger partial charge in [-0.2, -0.15) is 0 Å². The summed E-state index contributed by atoms with van der Waals surface area (Å²) in [4.78, 5) is 27.1. The highest BCUT2D eigenvalue weighted by molar-refractivity contribution is 6.39. The maximum atomic E-state index is 12.7. The van der Waals surface area contributed by atoms with Crippen molar-refractivity contribution in [2.24, 2.45) is 0 Å². The predicted octanol–water partition coefficient (Wildman–Crippen LogP) is 3.26. The molecule has 1 fully saturated rings. The Morgan fingerprint density at radius 2 is 1.91 bits per heavy atom. The number of nitrogens with one attached hydrogen (secondary N) is 2. The van der Waals surface area contributed by atoms with Gasteiger partial charge in [-0.15, -0.1) is 0 Å². The number of rotatable bonds is 8.